The van der Waals surface area contributed by atoms with Gasteiger partial charge in [0.15, 0.2) is 0 Å². The number of nitrogens with one attached hydrogen (secondary N) is 1. The van der Waals surface area contributed by atoms with E-state index in [1.54, 1.807) is 0 Å². The Morgan fingerprint density at radius 1 is 1.25 bits per heavy atom. The third-order valence-electron chi connectivity index (χ3n) is 1.26. The number of hydroxylamine groups is 1. The average Bonchev–Trinajstić information content (AvgIpc) is 1.83. The Balaban J connectivity index is 3.12. The van der Waals surface area contributed by atoms with Gasteiger partial charge in [0.1, 0.15) is 0 Å². The molecule has 74 valence electrons. The van der Waals surface area contributed by atoms with Crippen LogP contribution < -0.4 is 5.48 Å². The lowest BCUT2D eigenvalue weighted by molar-refractivity contribution is -0.0727. The molecule has 3 heteroatoms. The molecule has 0 aliphatic carbocycles. The second-order valence-corrected chi connectivity index (χ2v) is 4.27. The van der Waals surface area contributed by atoms with E-state index in [-0.39, 0.29) is 5.60 Å². The molecule has 0 amide bonds. The van der Waals surface area contributed by atoms with Crippen LogP contribution in [0.1, 0.15) is 27.2 Å². The van der Waals surface area contributed by atoms with Gasteiger partial charge in [-0.25, -0.2) is 5.48 Å². The van der Waals surface area contributed by atoms with Crippen molar-refractivity contribution in [3.63, 3.8) is 0 Å². The van der Waals surface area contributed by atoms with Crippen molar-refractivity contribution >= 4 is 0 Å². The molecule has 0 saturated carbocycles. The maximum Gasteiger partial charge on any atom is 0.0812 e. The van der Waals surface area contributed by atoms with Gasteiger partial charge in [-0.1, -0.05) is 0 Å². The maximum atomic E-state index is 5.34. The summed E-state index contributed by atoms with van der Waals surface area (Å²) in [5.41, 5.74) is 2.87. The van der Waals surface area contributed by atoms with Gasteiger partial charge in [-0.15, -0.1) is 0 Å². The van der Waals surface area contributed by atoms with Crippen molar-refractivity contribution in [3.05, 3.63) is 0 Å². The molecule has 0 saturated heterocycles. The molecule has 0 rings (SSSR count). The molecule has 0 aromatic carbocycles. The summed E-state index contributed by atoms with van der Waals surface area (Å²) in [6.07, 6.45) is 1.11. The summed E-state index contributed by atoms with van der Waals surface area (Å²) in [5.74, 6) is 0. The minimum atomic E-state index is -0.0852. The predicted molar refractivity (Wildman–Crippen MR) is 52.0 cm³/mol. The number of hydrogen-bond acceptors (Lipinski definition) is 3. The lowest BCUT2D eigenvalue weighted by Gasteiger charge is -2.19. The van der Waals surface area contributed by atoms with E-state index in [1.807, 2.05) is 20.8 Å². The van der Waals surface area contributed by atoms with E-state index >= 15 is 0 Å². The van der Waals surface area contributed by atoms with Gasteiger partial charge in [-0.05, 0) is 47.8 Å². The summed E-state index contributed by atoms with van der Waals surface area (Å²) in [6, 6.07) is 0. The first-order valence-electron chi connectivity index (χ1n) is 4.47. The Hall–Kier alpha value is -0.120. The summed E-state index contributed by atoms with van der Waals surface area (Å²) in [6.45, 7) is 8.11. The van der Waals surface area contributed by atoms with Gasteiger partial charge < -0.3 is 4.90 Å². The molecule has 0 fully saturated rings. The Morgan fingerprint density at radius 3 is 2.25 bits per heavy atom. The van der Waals surface area contributed by atoms with Crippen LogP contribution in [0, 0.1) is 0 Å². The molecule has 0 atom stereocenters. The Morgan fingerprint density at radius 2 is 1.83 bits per heavy atom. The topological polar surface area (TPSA) is 24.5 Å². The lowest BCUT2D eigenvalue weighted by atomic mass is 10.2. The molecule has 0 spiro atoms. The molecule has 0 aromatic heterocycles. The van der Waals surface area contributed by atoms with Crippen molar-refractivity contribution in [3.8, 4) is 0 Å². The Labute approximate surface area is 76.0 Å². The van der Waals surface area contributed by atoms with E-state index in [2.05, 4.69) is 24.5 Å². The summed E-state index contributed by atoms with van der Waals surface area (Å²) in [4.78, 5) is 7.51. The van der Waals surface area contributed by atoms with E-state index in [0.29, 0.717) is 0 Å². The zero-order valence-corrected chi connectivity index (χ0v) is 8.98. The molecule has 1 N–H and O–H groups in total. The van der Waals surface area contributed by atoms with Crippen LogP contribution in [0.4, 0.5) is 0 Å². The van der Waals surface area contributed by atoms with Crippen molar-refractivity contribution in [2.75, 3.05) is 27.2 Å². The van der Waals surface area contributed by atoms with E-state index in [9.17, 15) is 0 Å². The van der Waals surface area contributed by atoms with Crippen LogP contribution in [0.15, 0.2) is 0 Å². The average molecular weight is 174 g/mol. The molecule has 0 aliphatic rings. The summed E-state index contributed by atoms with van der Waals surface area (Å²) in [7, 11) is 4.15. The zero-order chi connectivity index (χ0) is 9.61. The molecule has 0 aromatic rings. The highest BCUT2D eigenvalue weighted by molar-refractivity contribution is 4.56. The summed E-state index contributed by atoms with van der Waals surface area (Å²) < 4.78 is 0. The van der Waals surface area contributed by atoms with Gasteiger partial charge in [0.2, 0.25) is 0 Å². The van der Waals surface area contributed by atoms with Crippen LogP contribution >= 0.6 is 0 Å². The van der Waals surface area contributed by atoms with Gasteiger partial charge >= 0.3 is 0 Å². The number of hydrogen-bond donors (Lipinski definition) is 1. The van der Waals surface area contributed by atoms with Gasteiger partial charge in [0, 0.05) is 6.54 Å². The maximum absolute atomic E-state index is 5.34. The van der Waals surface area contributed by atoms with Crippen molar-refractivity contribution in [2.45, 2.75) is 32.8 Å². The van der Waals surface area contributed by atoms with Crippen LogP contribution in [-0.2, 0) is 4.84 Å². The van der Waals surface area contributed by atoms with Gasteiger partial charge in [0.25, 0.3) is 0 Å². The van der Waals surface area contributed by atoms with Gasteiger partial charge in [-0.3, -0.25) is 4.84 Å². The van der Waals surface area contributed by atoms with E-state index in [0.717, 1.165) is 19.5 Å². The van der Waals surface area contributed by atoms with E-state index in [1.165, 1.54) is 0 Å². The highest BCUT2D eigenvalue weighted by Gasteiger charge is 2.08. The van der Waals surface area contributed by atoms with Crippen molar-refractivity contribution in [2.24, 2.45) is 0 Å². The lowest BCUT2D eigenvalue weighted by Crippen LogP contribution is -2.30. The molecule has 0 aliphatic heterocycles. The monoisotopic (exact) mass is 174 g/mol. The second-order valence-electron chi connectivity index (χ2n) is 4.27. The Bertz CT molecular complexity index is 108. The zero-order valence-electron chi connectivity index (χ0n) is 8.98. The molecule has 0 bridgehead atoms. The highest BCUT2D eigenvalue weighted by Crippen LogP contribution is 2.03. The smallest absolute Gasteiger partial charge is 0.0812 e. The third-order valence-corrected chi connectivity index (χ3v) is 1.26. The molecule has 3 nitrogen and oxygen atoms in total. The van der Waals surface area contributed by atoms with E-state index in [4.69, 9.17) is 4.84 Å². The normalized spacial score (nSPS) is 12.5. The first-order chi connectivity index (χ1) is 5.42. The van der Waals surface area contributed by atoms with Crippen molar-refractivity contribution in [1.82, 2.24) is 10.4 Å². The minimum absolute atomic E-state index is 0.0852. The third kappa shape index (κ3) is 9.88. The number of rotatable bonds is 5. The Kier molecular flexibility index (Phi) is 5.46. The summed E-state index contributed by atoms with van der Waals surface area (Å²) >= 11 is 0. The fourth-order valence-electron chi connectivity index (χ4n) is 0.735. The van der Waals surface area contributed by atoms with Gasteiger partial charge in [-0.2, -0.15) is 0 Å². The minimum Gasteiger partial charge on any atom is -0.309 e. The molecule has 12 heavy (non-hydrogen) atoms. The molecule has 0 radical (unpaired) electrons. The molecular formula is C9H22N2O. The van der Waals surface area contributed by atoms with Crippen LogP contribution in [0.25, 0.3) is 0 Å². The van der Waals surface area contributed by atoms with Crippen LogP contribution in [0.3, 0.4) is 0 Å². The molecular weight excluding hydrogens is 152 g/mol. The fraction of sp³-hybridized carbons (Fsp3) is 1.00. The van der Waals surface area contributed by atoms with Crippen molar-refractivity contribution in [1.29, 1.82) is 0 Å². The van der Waals surface area contributed by atoms with Crippen LogP contribution in [-0.4, -0.2) is 37.7 Å². The quantitative estimate of drug-likeness (QED) is 0.501. The first kappa shape index (κ1) is 11.9. The SMILES string of the molecule is CN(C)CCCNOC(C)(C)C. The van der Waals surface area contributed by atoms with Crippen molar-refractivity contribution < 1.29 is 4.84 Å². The highest BCUT2D eigenvalue weighted by atomic mass is 16.7. The van der Waals surface area contributed by atoms with E-state index < -0.39 is 0 Å². The molecule has 0 unspecified atom stereocenters. The first-order valence-corrected chi connectivity index (χ1v) is 4.47. The standard InChI is InChI=1S/C9H22N2O/c1-9(2,3)12-10-7-6-8-11(4)5/h10H,6-8H2,1-5H3. The summed E-state index contributed by atoms with van der Waals surface area (Å²) in [5, 5.41) is 0. The fourth-order valence-corrected chi connectivity index (χ4v) is 0.735. The second kappa shape index (κ2) is 5.51. The van der Waals surface area contributed by atoms with Gasteiger partial charge in [0.05, 0.1) is 5.60 Å². The number of nitrogens with zero attached hydrogens (tertiary/aromatic N) is 1. The predicted octanol–water partition coefficient (Wildman–Crippen LogP) is 1.26. The van der Waals surface area contributed by atoms with Crippen LogP contribution in [0.5, 0.6) is 0 Å². The largest absolute Gasteiger partial charge is 0.309 e. The van der Waals surface area contributed by atoms with Crippen LogP contribution in [0.2, 0.25) is 0 Å². The molecule has 0 heterocycles.